The van der Waals surface area contributed by atoms with Crippen LogP contribution >= 0.6 is 11.3 Å². The minimum absolute atomic E-state index is 0.294. The molecule has 2 heterocycles. The van der Waals surface area contributed by atoms with Gasteiger partial charge in [-0.1, -0.05) is 30.3 Å². The van der Waals surface area contributed by atoms with Gasteiger partial charge in [0.25, 0.3) is 0 Å². The lowest BCUT2D eigenvalue weighted by molar-refractivity contribution is -0.159. The van der Waals surface area contributed by atoms with E-state index in [1.54, 1.807) is 18.3 Å². The largest absolute Gasteiger partial charge is 0.473 e. The SMILES string of the molecule is CC(=O)C1(c2ccsc2-c2ccccc2)CCN(C)CC1.O=C(O)C(=O)O. The summed E-state index contributed by atoms with van der Waals surface area (Å²) in [6.45, 7) is 3.74. The van der Waals surface area contributed by atoms with Crippen molar-refractivity contribution < 1.29 is 24.6 Å². The van der Waals surface area contributed by atoms with Crippen LogP contribution in [0.2, 0.25) is 0 Å². The number of thiophene rings is 1. The van der Waals surface area contributed by atoms with Gasteiger partial charge >= 0.3 is 11.9 Å². The molecule has 1 aliphatic rings. The van der Waals surface area contributed by atoms with Crippen molar-refractivity contribution >= 4 is 29.1 Å². The van der Waals surface area contributed by atoms with Gasteiger partial charge in [0.2, 0.25) is 0 Å². The average Bonchev–Trinajstić information content (AvgIpc) is 3.14. The van der Waals surface area contributed by atoms with Crippen LogP contribution < -0.4 is 0 Å². The van der Waals surface area contributed by atoms with Crippen LogP contribution in [0.15, 0.2) is 41.8 Å². The number of carbonyl (C=O) groups is 3. The van der Waals surface area contributed by atoms with Crippen LogP contribution in [0.3, 0.4) is 0 Å². The van der Waals surface area contributed by atoms with E-state index < -0.39 is 11.9 Å². The third kappa shape index (κ3) is 4.81. The van der Waals surface area contributed by atoms with Crippen molar-refractivity contribution in [3.8, 4) is 10.4 Å². The van der Waals surface area contributed by atoms with E-state index in [9.17, 15) is 4.79 Å². The zero-order valence-electron chi connectivity index (χ0n) is 15.3. The molecule has 1 aromatic heterocycles. The molecular weight excluding hydrogens is 366 g/mol. The number of hydrogen-bond acceptors (Lipinski definition) is 5. The highest BCUT2D eigenvalue weighted by molar-refractivity contribution is 7.13. The van der Waals surface area contributed by atoms with E-state index in [0.29, 0.717) is 5.78 Å². The second-order valence-electron chi connectivity index (χ2n) is 6.58. The van der Waals surface area contributed by atoms with Crippen molar-refractivity contribution in [3.63, 3.8) is 0 Å². The number of carbonyl (C=O) groups excluding carboxylic acids is 1. The number of aliphatic carboxylic acids is 2. The molecular formula is C20H23NO5S. The Labute approximate surface area is 162 Å². The Hall–Kier alpha value is -2.51. The Morgan fingerprint density at radius 3 is 2.04 bits per heavy atom. The summed E-state index contributed by atoms with van der Waals surface area (Å²) in [6, 6.07) is 12.6. The number of likely N-dealkylation sites (tertiary alicyclic amines) is 1. The lowest BCUT2D eigenvalue weighted by Gasteiger charge is -2.39. The molecule has 3 rings (SSSR count). The molecule has 1 aliphatic heterocycles. The molecule has 144 valence electrons. The van der Waals surface area contributed by atoms with Gasteiger partial charge in [-0.3, -0.25) is 4.79 Å². The Balaban J connectivity index is 0.000000380. The molecule has 0 amide bonds. The number of carboxylic acid groups (broad SMARTS) is 2. The average molecular weight is 389 g/mol. The van der Waals surface area contributed by atoms with Gasteiger partial charge in [0.15, 0.2) is 0 Å². The van der Waals surface area contributed by atoms with Crippen LogP contribution in [0.4, 0.5) is 0 Å². The highest BCUT2D eigenvalue weighted by Crippen LogP contribution is 2.43. The topological polar surface area (TPSA) is 94.9 Å². The van der Waals surface area contributed by atoms with E-state index >= 15 is 0 Å². The molecule has 6 nitrogen and oxygen atoms in total. The summed E-state index contributed by atoms with van der Waals surface area (Å²) in [5, 5.41) is 16.9. The minimum Gasteiger partial charge on any atom is -0.473 e. The molecule has 0 unspecified atom stereocenters. The maximum Gasteiger partial charge on any atom is 0.414 e. The fraction of sp³-hybridized carbons (Fsp3) is 0.350. The first-order chi connectivity index (χ1) is 12.8. The molecule has 1 fully saturated rings. The molecule has 1 aromatic carbocycles. The van der Waals surface area contributed by atoms with Gasteiger partial charge in [-0.25, -0.2) is 9.59 Å². The Morgan fingerprint density at radius 2 is 1.56 bits per heavy atom. The molecule has 0 bridgehead atoms. The lowest BCUT2D eigenvalue weighted by Crippen LogP contribution is -2.45. The van der Waals surface area contributed by atoms with Crippen molar-refractivity contribution in [3.05, 3.63) is 47.3 Å². The summed E-state index contributed by atoms with van der Waals surface area (Å²) >= 11 is 1.75. The third-order valence-corrected chi connectivity index (χ3v) is 5.88. The number of nitrogens with zero attached hydrogens (tertiary/aromatic N) is 1. The van der Waals surface area contributed by atoms with Crippen molar-refractivity contribution in [2.45, 2.75) is 25.2 Å². The summed E-state index contributed by atoms with van der Waals surface area (Å²) in [4.78, 5) is 34.3. The summed E-state index contributed by atoms with van der Waals surface area (Å²) in [5.41, 5.74) is 2.17. The highest BCUT2D eigenvalue weighted by atomic mass is 32.1. The molecule has 27 heavy (non-hydrogen) atoms. The van der Waals surface area contributed by atoms with Crippen molar-refractivity contribution in [2.75, 3.05) is 20.1 Å². The molecule has 2 N–H and O–H groups in total. The quantitative estimate of drug-likeness (QED) is 0.783. The van der Waals surface area contributed by atoms with Gasteiger partial charge in [0.05, 0.1) is 5.41 Å². The van der Waals surface area contributed by atoms with Gasteiger partial charge in [-0.2, -0.15) is 0 Å². The van der Waals surface area contributed by atoms with Crippen LogP contribution in [0.5, 0.6) is 0 Å². The van der Waals surface area contributed by atoms with Crippen LogP contribution in [-0.4, -0.2) is 53.0 Å². The molecule has 0 atom stereocenters. The minimum atomic E-state index is -1.82. The fourth-order valence-corrected chi connectivity index (χ4v) is 4.31. The van der Waals surface area contributed by atoms with Gasteiger partial charge in [-0.05, 0) is 62.5 Å². The second-order valence-corrected chi connectivity index (χ2v) is 7.50. The Kier molecular flexibility index (Phi) is 6.87. The van der Waals surface area contributed by atoms with Crippen LogP contribution in [0, 0.1) is 0 Å². The maximum atomic E-state index is 12.5. The lowest BCUT2D eigenvalue weighted by atomic mass is 9.70. The smallest absolute Gasteiger partial charge is 0.414 e. The van der Waals surface area contributed by atoms with E-state index in [0.717, 1.165) is 25.9 Å². The van der Waals surface area contributed by atoms with Crippen LogP contribution in [-0.2, 0) is 19.8 Å². The number of piperidine rings is 1. The third-order valence-electron chi connectivity index (χ3n) is 4.91. The molecule has 2 aromatic rings. The van der Waals surface area contributed by atoms with Crippen molar-refractivity contribution in [2.24, 2.45) is 0 Å². The number of ketones is 1. The molecule has 7 heteroatoms. The number of rotatable bonds is 3. The second kappa shape index (κ2) is 8.92. The number of carboxylic acids is 2. The van der Waals surface area contributed by atoms with Crippen molar-refractivity contribution in [1.82, 2.24) is 4.90 Å². The summed E-state index contributed by atoms with van der Waals surface area (Å²) in [5.74, 6) is -3.34. The Morgan fingerprint density at radius 1 is 1.00 bits per heavy atom. The number of benzene rings is 1. The van der Waals surface area contributed by atoms with Gasteiger partial charge < -0.3 is 15.1 Å². The number of Topliss-reactive ketones (excluding diaryl/α,β-unsaturated/α-hetero) is 1. The van der Waals surface area contributed by atoms with Crippen LogP contribution in [0.1, 0.15) is 25.3 Å². The first-order valence-corrected chi connectivity index (χ1v) is 9.45. The first-order valence-electron chi connectivity index (χ1n) is 8.57. The fourth-order valence-electron chi connectivity index (χ4n) is 3.31. The molecule has 0 radical (unpaired) electrons. The molecule has 0 saturated carbocycles. The zero-order chi connectivity index (χ0) is 20.0. The predicted octanol–water partition coefficient (Wildman–Crippen LogP) is 3.12. The standard InChI is InChI=1S/C18H21NOS.C2H2O4/c1-14(20)18(9-11-19(2)12-10-18)16-8-13-21-17(16)15-6-4-3-5-7-15;3-1(4)2(5)6/h3-8,13H,9-12H2,1-2H3;(H,3,4)(H,5,6). The monoisotopic (exact) mass is 389 g/mol. The first kappa shape index (κ1) is 20.8. The van der Waals surface area contributed by atoms with E-state index in [-0.39, 0.29) is 5.41 Å². The Bertz CT molecular complexity index is 795. The summed E-state index contributed by atoms with van der Waals surface area (Å²) in [6.07, 6.45) is 1.85. The highest BCUT2D eigenvalue weighted by Gasteiger charge is 2.41. The van der Waals surface area contributed by atoms with Gasteiger partial charge in [0, 0.05) is 4.88 Å². The zero-order valence-corrected chi connectivity index (χ0v) is 16.2. The van der Waals surface area contributed by atoms with E-state index in [2.05, 4.69) is 47.7 Å². The normalized spacial score (nSPS) is 16.1. The van der Waals surface area contributed by atoms with Gasteiger partial charge in [-0.15, -0.1) is 11.3 Å². The predicted molar refractivity (Wildman–Crippen MR) is 104 cm³/mol. The summed E-state index contributed by atoms with van der Waals surface area (Å²) < 4.78 is 0. The van der Waals surface area contributed by atoms with Gasteiger partial charge in [0.1, 0.15) is 5.78 Å². The number of hydrogen-bond donors (Lipinski definition) is 2. The summed E-state index contributed by atoms with van der Waals surface area (Å²) in [7, 11) is 2.13. The van der Waals surface area contributed by atoms with E-state index in [1.165, 1.54) is 16.0 Å². The molecule has 0 aliphatic carbocycles. The van der Waals surface area contributed by atoms with E-state index in [1.807, 2.05) is 6.07 Å². The molecule has 0 spiro atoms. The van der Waals surface area contributed by atoms with Crippen LogP contribution in [0.25, 0.3) is 10.4 Å². The maximum absolute atomic E-state index is 12.5. The van der Waals surface area contributed by atoms with Crippen molar-refractivity contribution in [1.29, 1.82) is 0 Å². The molecule has 1 saturated heterocycles. The van der Waals surface area contributed by atoms with E-state index in [4.69, 9.17) is 19.8 Å².